The Morgan fingerprint density at radius 2 is 2.17 bits per heavy atom. The smallest absolute Gasteiger partial charge is 0.225 e. The molecule has 1 amide bonds. The number of benzene rings is 1. The van der Waals surface area contributed by atoms with E-state index in [1.165, 1.54) is 12.8 Å². The lowest BCUT2D eigenvalue weighted by molar-refractivity contribution is -0.116. The van der Waals surface area contributed by atoms with Gasteiger partial charge in [0.1, 0.15) is 5.75 Å². The number of amides is 1. The largest absolute Gasteiger partial charge is 0.495 e. The molecule has 1 heterocycles. The quantitative estimate of drug-likeness (QED) is 0.853. The molecule has 0 aliphatic carbocycles. The molecule has 1 saturated heterocycles. The zero-order valence-electron chi connectivity index (χ0n) is 14.8. The van der Waals surface area contributed by atoms with Crippen LogP contribution < -0.4 is 10.1 Å². The van der Waals surface area contributed by atoms with Crippen LogP contribution in [0, 0.1) is 0 Å². The summed E-state index contributed by atoms with van der Waals surface area (Å²) in [6.45, 7) is 2.91. The SMILES string of the molecule is COc1ccc(Cl)cc1NC(=O)CCN1CCC[C@H](N(C)C)CC1. The second-order valence-corrected chi connectivity index (χ2v) is 6.97. The van der Waals surface area contributed by atoms with E-state index in [2.05, 4.69) is 29.2 Å². The van der Waals surface area contributed by atoms with Crippen molar-refractivity contribution in [2.75, 3.05) is 46.2 Å². The van der Waals surface area contributed by atoms with Gasteiger partial charge in [0.05, 0.1) is 12.8 Å². The van der Waals surface area contributed by atoms with Crippen LogP contribution in [-0.4, -0.2) is 62.6 Å². The summed E-state index contributed by atoms with van der Waals surface area (Å²) in [6, 6.07) is 5.87. The number of methoxy groups -OCH3 is 1. The fourth-order valence-electron chi connectivity index (χ4n) is 3.13. The maximum Gasteiger partial charge on any atom is 0.225 e. The van der Waals surface area contributed by atoms with Crippen molar-refractivity contribution < 1.29 is 9.53 Å². The van der Waals surface area contributed by atoms with E-state index in [9.17, 15) is 4.79 Å². The first-order chi connectivity index (χ1) is 11.5. The van der Waals surface area contributed by atoms with Crippen LogP contribution in [0.3, 0.4) is 0 Å². The van der Waals surface area contributed by atoms with E-state index < -0.39 is 0 Å². The Bertz CT molecular complexity index is 551. The highest BCUT2D eigenvalue weighted by Crippen LogP contribution is 2.27. The summed E-state index contributed by atoms with van der Waals surface area (Å²) < 4.78 is 5.26. The third kappa shape index (κ3) is 5.65. The molecule has 134 valence electrons. The maximum atomic E-state index is 12.2. The zero-order chi connectivity index (χ0) is 17.5. The Morgan fingerprint density at radius 3 is 2.88 bits per heavy atom. The van der Waals surface area contributed by atoms with Gasteiger partial charge in [-0.1, -0.05) is 11.6 Å². The molecule has 6 heteroatoms. The summed E-state index contributed by atoms with van der Waals surface area (Å²) in [6.07, 6.45) is 4.06. The summed E-state index contributed by atoms with van der Waals surface area (Å²) in [4.78, 5) is 16.9. The number of rotatable bonds is 6. The van der Waals surface area contributed by atoms with Gasteiger partial charge in [-0.05, 0) is 64.6 Å². The van der Waals surface area contributed by atoms with Crippen LogP contribution in [0.2, 0.25) is 5.02 Å². The average molecular weight is 354 g/mol. The topological polar surface area (TPSA) is 44.8 Å². The lowest BCUT2D eigenvalue weighted by atomic mass is 10.1. The van der Waals surface area contributed by atoms with Gasteiger partial charge in [0, 0.05) is 24.0 Å². The highest BCUT2D eigenvalue weighted by molar-refractivity contribution is 6.31. The number of hydrogen-bond acceptors (Lipinski definition) is 4. The third-order valence-corrected chi connectivity index (χ3v) is 4.85. The molecule has 2 rings (SSSR count). The maximum absolute atomic E-state index is 12.2. The summed E-state index contributed by atoms with van der Waals surface area (Å²) >= 11 is 5.99. The summed E-state index contributed by atoms with van der Waals surface area (Å²) in [5, 5.41) is 3.48. The van der Waals surface area contributed by atoms with Crippen LogP contribution in [-0.2, 0) is 4.79 Å². The minimum Gasteiger partial charge on any atom is -0.495 e. The van der Waals surface area contributed by atoms with Gasteiger partial charge in [-0.25, -0.2) is 0 Å². The molecule has 1 fully saturated rings. The molecule has 1 aliphatic rings. The molecule has 1 aliphatic heterocycles. The molecular formula is C18H28ClN3O2. The molecule has 0 saturated carbocycles. The normalized spacial score (nSPS) is 19.1. The molecule has 0 unspecified atom stereocenters. The van der Waals surface area contributed by atoms with Crippen molar-refractivity contribution in [1.82, 2.24) is 9.80 Å². The predicted molar refractivity (Wildman–Crippen MR) is 99.0 cm³/mol. The van der Waals surface area contributed by atoms with Crippen LogP contribution in [0.25, 0.3) is 0 Å². The number of likely N-dealkylation sites (tertiary alicyclic amines) is 1. The van der Waals surface area contributed by atoms with E-state index in [-0.39, 0.29) is 5.91 Å². The van der Waals surface area contributed by atoms with E-state index in [4.69, 9.17) is 16.3 Å². The number of anilines is 1. The Balaban J connectivity index is 1.82. The molecule has 1 aromatic rings. The number of hydrogen-bond donors (Lipinski definition) is 1. The van der Waals surface area contributed by atoms with Crippen LogP contribution in [0.15, 0.2) is 18.2 Å². The van der Waals surface area contributed by atoms with Gasteiger partial charge < -0.3 is 19.9 Å². The van der Waals surface area contributed by atoms with Crippen LogP contribution in [0.4, 0.5) is 5.69 Å². The van der Waals surface area contributed by atoms with Crippen molar-refractivity contribution in [2.45, 2.75) is 31.7 Å². The standard InChI is InChI=1S/C18H28ClN3O2/c1-21(2)15-5-4-10-22(11-8-15)12-9-18(23)20-16-13-14(19)6-7-17(16)24-3/h6-7,13,15H,4-5,8-12H2,1-3H3,(H,20,23)/t15-/m0/s1. The van der Waals surface area contributed by atoms with E-state index in [1.807, 2.05) is 0 Å². The molecule has 1 aromatic carbocycles. The lowest BCUT2D eigenvalue weighted by Crippen LogP contribution is -2.31. The van der Waals surface area contributed by atoms with Gasteiger partial charge in [-0.3, -0.25) is 4.79 Å². The number of nitrogens with zero attached hydrogens (tertiary/aromatic N) is 2. The van der Waals surface area contributed by atoms with Crippen molar-refractivity contribution in [2.24, 2.45) is 0 Å². The van der Waals surface area contributed by atoms with Gasteiger partial charge in [-0.15, -0.1) is 0 Å². The van der Waals surface area contributed by atoms with Crippen LogP contribution in [0.5, 0.6) is 5.75 Å². The van der Waals surface area contributed by atoms with Gasteiger partial charge in [0.25, 0.3) is 0 Å². The van der Waals surface area contributed by atoms with Gasteiger partial charge >= 0.3 is 0 Å². The molecule has 0 spiro atoms. The van der Waals surface area contributed by atoms with E-state index in [0.717, 1.165) is 26.1 Å². The van der Waals surface area contributed by atoms with Crippen molar-refractivity contribution in [3.63, 3.8) is 0 Å². The first kappa shape index (κ1) is 19.0. The molecule has 0 aromatic heterocycles. The van der Waals surface area contributed by atoms with Crippen LogP contribution >= 0.6 is 11.6 Å². The van der Waals surface area contributed by atoms with E-state index in [0.29, 0.717) is 28.9 Å². The fourth-order valence-corrected chi connectivity index (χ4v) is 3.30. The first-order valence-electron chi connectivity index (χ1n) is 8.51. The molecule has 0 radical (unpaired) electrons. The Morgan fingerprint density at radius 1 is 1.38 bits per heavy atom. The molecular weight excluding hydrogens is 326 g/mol. The molecule has 5 nitrogen and oxygen atoms in total. The number of carbonyl (C=O) groups is 1. The van der Waals surface area contributed by atoms with Gasteiger partial charge in [0.2, 0.25) is 5.91 Å². The second kappa shape index (κ2) is 9.25. The van der Waals surface area contributed by atoms with Crippen LogP contribution in [0.1, 0.15) is 25.7 Å². The van der Waals surface area contributed by atoms with Crippen molar-refractivity contribution in [3.8, 4) is 5.75 Å². The number of carbonyl (C=O) groups excluding carboxylic acids is 1. The van der Waals surface area contributed by atoms with E-state index >= 15 is 0 Å². The lowest BCUT2D eigenvalue weighted by Gasteiger charge is -2.23. The highest BCUT2D eigenvalue weighted by atomic mass is 35.5. The minimum absolute atomic E-state index is 0.0102. The molecule has 24 heavy (non-hydrogen) atoms. The fraction of sp³-hybridized carbons (Fsp3) is 0.611. The Hall–Kier alpha value is -1.30. The number of halogens is 1. The summed E-state index contributed by atoms with van der Waals surface area (Å²) in [5.41, 5.74) is 0.624. The first-order valence-corrected chi connectivity index (χ1v) is 8.89. The molecule has 1 N–H and O–H groups in total. The monoisotopic (exact) mass is 353 g/mol. The average Bonchev–Trinajstić information content (AvgIpc) is 2.79. The summed E-state index contributed by atoms with van der Waals surface area (Å²) in [5.74, 6) is 0.611. The second-order valence-electron chi connectivity index (χ2n) is 6.53. The van der Waals surface area contributed by atoms with Gasteiger partial charge in [-0.2, -0.15) is 0 Å². The van der Waals surface area contributed by atoms with Crippen molar-refractivity contribution in [1.29, 1.82) is 0 Å². The molecule has 1 atom stereocenters. The minimum atomic E-state index is -0.0102. The van der Waals surface area contributed by atoms with E-state index in [1.54, 1.807) is 25.3 Å². The highest BCUT2D eigenvalue weighted by Gasteiger charge is 2.19. The molecule has 0 bridgehead atoms. The Labute approximate surface area is 149 Å². The van der Waals surface area contributed by atoms with Crippen molar-refractivity contribution >= 4 is 23.2 Å². The van der Waals surface area contributed by atoms with Crippen molar-refractivity contribution in [3.05, 3.63) is 23.2 Å². The Kier molecular flexibility index (Phi) is 7.34. The van der Waals surface area contributed by atoms with Gasteiger partial charge in [0.15, 0.2) is 0 Å². The third-order valence-electron chi connectivity index (χ3n) is 4.61. The summed E-state index contributed by atoms with van der Waals surface area (Å²) in [7, 11) is 5.87. The number of ether oxygens (including phenoxy) is 1. The zero-order valence-corrected chi connectivity index (χ0v) is 15.6. The number of nitrogens with one attached hydrogen (secondary N) is 1. The predicted octanol–water partition coefficient (Wildman–Crippen LogP) is 3.09.